The fourth-order valence-electron chi connectivity index (χ4n) is 4.29. The lowest BCUT2D eigenvalue weighted by Gasteiger charge is -2.33. The first-order valence-electron chi connectivity index (χ1n) is 9.85. The third-order valence-corrected chi connectivity index (χ3v) is 5.81. The smallest absolute Gasteiger partial charge is 0.366 e. The lowest BCUT2D eigenvalue weighted by molar-refractivity contribution is -0.137. The third-order valence-electron chi connectivity index (χ3n) is 5.81. The van der Waals surface area contributed by atoms with Gasteiger partial charge in [0, 0.05) is 18.8 Å². The number of imide groups is 1. The van der Waals surface area contributed by atoms with Gasteiger partial charge in [0.2, 0.25) is 0 Å². The Bertz CT molecular complexity index is 1180. The van der Waals surface area contributed by atoms with E-state index in [-0.39, 0.29) is 22.5 Å². The minimum absolute atomic E-state index is 0.0439. The van der Waals surface area contributed by atoms with E-state index < -0.39 is 23.6 Å². The first-order valence-corrected chi connectivity index (χ1v) is 9.85. The monoisotopic (exact) mass is 422 g/mol. The van der Waals surface area contributed by atoms with E-state index in [9.17, 15) is 22.8 Å². The predicted octanol–water partition coefficient (Wildman–Crippen LogP) is 5.07. The molecule has 2 aliphatic heterocycles. The van der Waals surface area contributed by atoms with E-state index in [4.69, 9.17) is 0 Å². The van der Waals surface area contributed by atoms with Crippen LogP contribution in [0.25, 0.3) is 0 Å². The number of benzene rings is 3. The number of carbonyl (C=O) groups excluding carboxylic acids is 2. The summed E-state index contributed by atoms with van der Waals surface area (Å²) in [6.45, 7) is 0.818. The van der Waals surface area contributed by atoms with Gasteiger partial charge in [-0.15, -0.1) is 0 Å². The number of carbonyl (C=O) groups is 2. The number of hydrogen-bond acceptors (Lipinski definition) is 3. The van der Waals surface area contributed by atoms with Crippen molar-refractivity contribution in [2.75, 3.05) is 16.3 Å². The fourth-order valence-corrected chi connectivity index (χ4v) is 4.29. The Labute approximate surface area is 176 Å². The molecular weight excluding hydrogens is 405 g/mol. The molecule has 0 spiro atoms. The second kappa shape index (κ2) is 6.97. The van der Waals surface area contributed by atoms with Gasteiger partial charge in [0.1, 0.15) is 0 Å². The summed E-state index contributed by atoms with van der Waals surface area (Å²) in [5.74, 6) is -1.23. The van der Waals surface area contributed by atoms with E-state index in [1.807, 2.05) is 24.3 Å². The fraction of sp³-hybridized carbons (Fsp3) is 0.167. The van der Waals surface area contributed by atoms with E-state index in [0.717, 1.165) is 22.1 Å². The molecule has 0 saturated heterocycles. The van der Waals surface area contributed by atoms with Crippen LogP contribution in [0.2, 0.25) is 0 Å². The van der Waals surface area contributed by atoms with Gasteiger partial charge < -0.3 is 4.90 Å². The molecule has 0 atom stereocenters. The van der Waals surface area contributed by atoms with Crippen molar-refractivity contribution in [2.45, 2.75) is 19.1 Å². The summed E-state index contributed by atoms with van der Waals surface area (Å²) in [7, 11) is 0. The Kier molecular flexibility index (Phi) is 4.36. The molecule has 0 aromatic heterocycles. The van der Waals surface area contributed by atoms with Crippen LogP contribution in [0, 0.1) is 0 Å². The third kappa shape index (κ3) is 3.17. The largest absolute Gasteiger partial charge is 0.418 e. The van der Waals surface area contributed by atoms with Gasteiger partial charge in [-0.2, -0.15) is 13.2 Å². The van der Waals surface area contributed by atoms with Crippen LogP contribution in [0.15, 0.2) is 66.7 Å². The summed E-state index contributed by atoms with van der Waals surface area (Å²) in [4.78, 5) is 27.9. The number of rotatable bonds is 2. The highest BCUT2D eigenvalue weighted by Gasteiger charge is 2.40. The van der Waals surface area contributed by atoms with Crippen molar-refractivity contribution >= 4 is 23.2 Å². The molecule has 31 heavy (non-hydrogen) atoms. The summed E-state index contributed by atoms with van der Waals surface area (Å²) in [5, 5.41) is 0. The molecule has 0 bridgehead atoms. The van der Waals surface area contributed by atoms with Crippen LogP contribution in [-0.4, -0.2) is 18.4 Å². The van der Waals surface area contributed by atoms with Gasteiger partial charge in [-0.25, -0.2) is 4.90 Å². The number of amides is 2. The Balaban J connectivity index is 1.55. The SMILES string of the molecule is O=C1c2ccccc2C(=O)N1c1ccc(N2CCc3ccccc3C2)c(C(F)(F)F)c1. The molecular formula is C24H17F3N2O2. The minimum atomic E-state index is -4.64. The van der Waals surface area contributed by atoms with Crippen molar-refractivity contribution in [3.05, 3.63) is 94.5 Å². The van der Waals surface area contributed by atoms with Gasteiger partial charge in [-0.3, -0.25) is 9.59 Å². The topological polar surface area (TPSA) is 40.6 Å². The minimum Gasteiger partial charge on any atom is -0.366 e. The zero-order chi connectivity index (χ0) is 21.8. The molecule has 2 heterocycles. The molecule has 3 aromatic rings. The molecule has 0 radical (unpaired) electrons. The molecule has 0 aliphatic carbocycles. The van der Waals surface area contributed by atoms with Gasteiger partial charge in [0.25, 0.3) is 11.8 Å². The molecule has 4 nitrogen and oxygen atoms in total. The summed E-state index contributed by atoms with van der Waals surface area (Å²) >= 11 is 0. The van der Waals surface area contributed by atoms with E-state index in [1.165, 1.54) is 24.3 Å². The van der Waals surface area contributed by atoms with Crippen LogP contribution in [0.3, 0.4) is 0 Å². The zero-order valence-electron chi connectivity index (χ0n) is 16.3. The maximum Gasteiger partial charge on any atom is 0.418 e. The highest BCUT2D eigenvalue weighted by atomic mass is 19.4. The molecule has 5 rings (SSSR count). The molecule has 7 heteroatoms. The Morgan fingerprint density at radius 1 is 0.774 bits per heavy atom. The Hall–Kier alpha value is -3.61. The lowest BCUT2D eigenvalue weighted by atomic mass is 9.98. The molecule has 0 N–H and O–H groups in total. The van der Waals surface area contributed by atoms with Crippen molar-refractivity contribution in [3.63, 3.8) is 0 Å². The van der Waals surface area contributed by atoms with E-state index in [2.05, 4.69) is 0 Å². The standard InChI is InChI=1S/C24H17F3N2O2/c25-24(26,27)20-13-17(29-22(30)18-7-3-4-8-19(18)23(29)31)9-10-21(20)28-12-11-15-5-1-2-6-16(15)14-28/h1-10,13H,11-12,14H2. The number of anilines is 2. The second-order valence-corrected chi connectivity index (χ2v) is 7.63. The lowest BCUT2D eigenvalue weighted by Crippen LogP contribution is -2.33. The number of fused-ring (bicyclic) bond motifs is 2. The van der Waals surface area contributed by atoms with Crippen molar-refractivity contribution in [2.24, 2.45) is 0 Å². The van der Waals surface area contributed by atoms with Crippen LogP contribution in [0.5, 0.6) is 0 Å². The maximum absolute atomic E-state index is 14.0. The van der Waals surface area contributed by atoms with E-state index in [1.54, 1.807) is 17.0 Å². The van der Waals surface area contributed by atoms with Gasteiger partial charge in [0.05, 0.1) is 22.4 Å². The van der Waals surface area contributed by atoms with Crippen molar-refractivity contribution in [1.82, 2.24) is 0 Å². The van der Waals surface area contributed by atoms with Gasteiger partial charge in [0.15, 0.2) is 0 Å². The summed E-state index contributed by atoms with van der Waals surface area (Å²) < 4.78 is 42.0. The van der Waals surface area contributed by atoms with Crippen molar-refractivity contribution < 1.29 is 22.8 Å². The van der Waals surface area contributed by atoms with Crippen LogP contribution in [0.4, 0.5) is 24.5 Å². The van der Waals surface area contributed by atoms with Crippen LogP contribution in [-0.2, 0) is 19.1 Å². The van der Waals surface area contributed by atoms with Crippen molar-refractivity contribution in [3.8, 4) is 0 Å². The van der Waals surface area contributed by atoms with Gasteiger partial charge >= 0.3 is 6.18 Å². The molecule has 156 valence electrons. The summed E-state index contributed by atoms with van der Waals surface area (Å²) in [6, 6.07) is 17.6. The molecule has 0 unspecified atom stereocenters. The predicted molar refractivity (Wildman–Crippen MR) is 110 cm³/mol. The van der Waals surface area contributed by atoms with Gasteiger partial charge in [-0.1, -0.05) is 36.4 Å². The van der Waals surface area contributed by atoms with Crippen molar-refractivity contribution in [1.29, 1.82) is 0 Å². The van der Waals surface area contributed by atoms with Crippen LogP contribution >= 0.6 is 0 Å². The average Bonchev–Trinajstić information content (AvgIpc) is 3.03. The Morgan fingerprint density at radius 3 is 2.03 bits per heavy atom. The quantitative estimate of drug-likeness (QED) is 0.542. The second-order valence-electron chi connectivity index (χ2n) is 7.63. The molecule has 3 aromatic carbocycles. The van der Waals surface area contributed by atoms with Crippen LogP contribution < -0.4 is 9.80 Å². The number of hydrogen-bond donors (Lipinski definition) is 0. The molecule has 0 saturated carbocycles. The number of halogens is 3. The van der Waals surface area contributed by atoms with Gasteiger partial charge in [-0.05, 0) is 47.9 Å². The summed E-state index contributed by atoms with van der Waals surface area (Å²) in [5.41, 5.74) is 1.61. The number of alkyl halides is 3. The average molecular weight is 422 g/mol. The number of nitrogens with zero attached hydrogens (tertiary/aromatic N) is 2. The van der Waals surface area contributed by atoms with Crippen LogP contribution in [0.1, 0.15) is 37.4 Å². The molecule has 0 fully saturated rings. The Morgan fingerprint density at radius 2 is 1.39 bits per heavy atom. The zero-order valence-corrected chi connectivity index (χ0v) is 16.3. The normalized spacial score (nSPS) is 15.8. The molecule has 2 aliphatic rings. The summed E-state index contributed by atoms with van der Waals surface area (Å²) in [6.07, 6.45) is -3.99. The highest BCUT2D eigenvalue weighted by molar-refractivity contribution is 6.34. The van der Waals surface area contributed by atoms with E-state index >= 15 is 0 Å². The first-order chi connectivity index (χ1) is 14.8. The first kappa shape index (κ1) is 19.4. The highest BCUT2D eigenvalue weighted by Crippen LogP contribution is 2.41. The van der Waals surface area contributed by atoms with E-state index in [0.29, 0.717) is 19.5 Å². The maximum atomic E-state index is 14.0. The molecule has 2 amide bonds.